The molecule has 0 radical (unpaired) electrons. The van der Waals surface area contributed by atoms with Crippen molar-refractivity contribution in [2.45, 2.75) is 25.7 Å². The molecular weight excluding hydrogens is 398 g/mol. The first-order valence-electron chi connectivity index (χ1n) is 10.7. The highest BCUT2D eigenvalue weighted by atomic mass is 16.5. The standard InChI is InChI=1S/C23H27N3O5/c27-21(25-10-1-2-11-25)16-31-19-6-3-5-18(15-19)24-22(28)17-8-12-26(13-9-17)23(29)20-7-4-14-30-20/h3-7,14-15,17H,1-2,8-13,16H2,(H,24,28). The molecule has 8 nitrogen and oxygen atoms in total. The Hall–Kier alpha value is -3.29. The quantitative estimate of drug-likeness (QED) is 0.768. The largest absolute Gasteiger partial charge is 0.484 e. The summed E-state index contributed by atoms with van der Waals surface area (Å²) in [6.45, 7) is 2.62. The van der Waals surface area contributed by atoms with E-state index in [0.29, 0.717) is 43.1 Å². The maximum Gasteiger partial charge on any atom is 0.289 e. The zero-order chi connectivity index (χ0) is 21.6. The average Bonchev–Trinajstić information content (AvgIpc) is 3.52. The monoisotopic (exact) mass is 425 g/mol. The molecule has 31 heavy (non-hydrogen) atoms. The summed E-state index contributed by atoms with van der Waals surface area (Å²) in [5.74, 6) is 0.476. The Bertz CT molecular complexity index is 913. The first-order chi connectivity index (χ1) is 15.1. The fourth-order valence-electron chi connectivity index (χ4n) is 4.01. The molecule has 3 heterocycles. The molecule has 0 aliphatic carbocycles. The van der Waals surface area contributed by atoms with Crippen LogP contribution in [-0.4, -0.2) is 60.3 Å². The lowest BCUT2D eigenvalue weighted by atomic mass is 9.95. The minimum atomic E-state index is -0.165. The third kappa shape index (κ3) is 5.25. The normalized spacial score (nSPS) is 16.9. The van der Waals surface area contributed by atoms with Crippen molar-refractivity contribution in [1.29, 1.82) is 0 Å². The summed E-state index contributed by atoms with van der Waals surface area (Å²) in [6, 6.07) is 10.4. The Labute approximate surface area is 181 Å². The number of likely N-dealkylation sites (tertiary alicyclic amines) is 2. The summed E-state index contributed by atoms with van der Waals surface area (Å²) in [5.41, 5.74) is 0.630. The second-order valence-electron chi connectivity index (χ2n) is 7.94. The van der Waals surface area contributed by atoms with Gasteiger partial charge in [0.2, 0.25) is 5.91 Å². The highest BCUT2D eigenvalue weighted by Gasteiger charge is 2.28. The molecule has 2 fully saturated rings. The highest BCUT2D eigenvalue weighted by molar-refractivity contribution is 5.94. The van der Waals surface area contributed by atoms with Gasteiger partial charge in [0, 0.05) is 43.9 Å². The van der Waals surface area contributed by atoms with Crippen LogP contribution in [0.1, 0.15) is 36.2 Å². The summed E-state index contributed by atoms with van der Waals surface area (Å²) in [5, 5.41) is 2.93. The van der Waals surface area contributed by atoms with E-state index < -0.39 is 0 Å². The molecule has 0 saturated carbocycles. The van der Waals surface area contributed by atoms with Gasteiger partial charge in [-0.25, -0.2) is 0 Å². The molecule has 164 valence electrons. The molecule has 2 saturated heterocycles. The van der Waals surface area contributed by atoms with Crippen LogP contribution < -0.4 is 10.1 Å². The van der Waals surface area contributed by atoms with Crippen LogP contribution in [0.15, 0.2) is 47.1 Å². The summed E-state index contributed by atoms with van der Waals surface area (Å²) in [4.78, 5) is 40.7. The van der Waals surface area contributed by atoms with Gasteiger partial charge in [-0.1, -0.05) is 6.07 Å². The van der Waals surface area contributed by atoms with E-state index in [9.17, 15) is 14.4 Å². The van der Waals surface area contributed by atoms with Crippen LogP contribution in [0.2, 0.25) is 0 Å². The highest BCUT2D eigenvalue weighted by Crippen LogP contribution is 2.23. The zero-order valence-corrected chi connectivity index (χ0v) is 17.4. The number of anilines is 1. The number of amides is 3. The molecule has 2 aliphatic heterocycles. The zero-order valence-electron chi connectivity index (χ0n) is 17.4. The van der Waals surface area contributed by atoms with Gasteiger partial charge in [-0.2, -0.15) is 0 Å². The number of hydrogen-bond acceptors (Lipinski definition) is 5. The number of hydrogen-bond donors (Lipinski definition) is 1. The van der Waals surface area contributed by atoms with Crippen LogP contribution in [-0.2, 0) is 9.59 Å². The van der Waals surface area contributed by atoms with Crippen LogP contribution in [0.3, 0.4) is 0 Å². The molecule has 2 aromatic rings. The fraction of sp³-hybridized carbons (Fsp3) is 0.435. The number of benzene rings is 1. The van der Waals surface area contributed by atoms with Crippen molar-refractivity contribution < 1.29 is 23.5 Å². The summed E-state index contributed by atoms with van der Waals surface area (Å²) in [6.07, 6.45) is 4.76. The van der Waals surface area contributed by atoms with Gasteiger partial charge in [-0.05, 0) is 49.9 Å². The van der Waals surface area contributed by atoms with E-state index in [-0.39, 0.29) is 30.2 Å². The van der Waals surface area contributed by atoms with Gasteiger partial charge < -0.3 is 24.3 Å². The van der Waals surface area contributed by atoms with E-state index in [1.54, 1.807) is 41.3 Å². The number of ether oxygens (including phenoxy) is 1. The lowest BCUT2D eigenvalue weighted by Crippen LogP contribution is -2.41. The predicted molar refractivity (Wildman–Crippen MR) is 114 cm³/mol. The van der Waals surface area contributed by atoms with Gasteiger partial charge in [0.15, 0.2) is 12.4 Å². The number of furan rings is 1. The first-order valence-corrected chi connectivity index (χ1v) is 10.7. The SMILES string of the molecule is O=C(Nc1cccc(OCC(=O)N2CCCC2)c1)C1CCN(C(=O)c2ccco2)CC1. The van der Waals surface area contributed by atoms with Gasteiger partial charge in [0.1, 0.15) is 5.75 Å². The Kier molecular flexibility index (Phi) is 6.54. The Morgan fingerprint density at radius 1 is 1.00 bits per heavy atom. The van der Waals surface area contributed by atoms with Gasteiger partial charge >= 0.3 is 0 Å². The lowest BCUT2D eigenvalue weighted by molar-refractivity contribution is -0.132. The Morgan fingerprint density at radius 3 is 2.48 bits per heavy atom. The van der Waals surface area contributed by atoms with E-state index in [2.05, 4.69) is 5.32 Å². The van der Waals surface area contributed by atoms with Crippen molar-refractivity contribution in [3.05, 3.63) is 48.4 Å². The minimum absolute atomic E-state index is 0.000440. The van der Waals surface area contributed by atoms with Gasteiger partial charge in [-0.3, -0.25) is 14.4 Å². The molecule has 1 aromatic heterocycles. The third-order valence-corrected chi connectivity index (χ3v) is 5.81. The lowest BCUT2D eigenvalue weighted by Gasteiger charge is -2.30. The molecule has 0 spiro atoms. The number of nitrogens with zero attached hydrogens (tertiary/aromatic N) is 2. The molecule has 3 amide bonds. The smallest absolute Gasteiger partial charge is 0.289 e. The summed E-state index contributed by atoms with van der Waals surface area (Å²) >= 11 is 0. The molecule has 1 N–H and O–H groups in total. The maximum absolute atomic E-state index is 12.7. The van der Waals surface area contributed by atoms with Crippen molar-refractivity contribution in [3.63, 3.8) is 0 Å². The fourth-order valence-corrected chi connectivity index (χ4v) is 4.01. The van der Waals surface area contributed by atoms with Crippen molar-refractivity contribution in [2.75, 3.05) is 38.1 Å². The van der Waals surface area contributed by atoms with E-state index in [0.717, 1.165) is 25.9 Å². The van der Waals surface area contributed by atoms with Crippen LogP contribution in [0.4, 0.5) is 5.69 Å². The second-order valence-corrected chi connectivity index (χ2v) is 7.94. The van der Waals surface area contributed by atoms with Gasteiger partial charge in [0.05, 0.1) is 6.26 Å². The van der Waals surface area contributed by atoms with Crippen LogP contribution in [0, 0.1) is 5.92 Å². The van der Waals surface area contributed by atoms with Crippen molar-refractivity contribution in [2.24, 2.45) is 5.92 Å². The van der Waals surface area contributed by atoms with Crippen molar-refractivity contribution in [1.82, 2.24) is 9.80 Å². The second kappa shape index (κ2) is 9.68. The molecule has 0 bridgehead atoms. The van der Waals surface area contributed by atoms with Crippen LogP contribution >= 0.6 is 0 Å². The summed E-state index contributed by atoms with van der Waals surface area (Å²) < 4.78 is 10.8. The molecule has 4 rings (SSSR count). The number of carbonyl (C=O) groups excluding carboxylic acids is 3. The molecule has 8 heteroatoms. The van der Waals surface area contributed by atoms with Crippen LogP contribution in [0.25, 0.3) is 0 Å². The maximum atomic E-state index is 12.7. The molecule has 0 unspecified atom stereocenters. The Morgan fingerprint density at radius 2 is 1.77 bits per heavy atom. The summed E-state index contributed by atoms with van der Waals surface area (Å²) in [7, 11) is 0. The van der Waals surface area contributed by atoms with E-state index in [1.165, 1.54) is 6.26 Å². The predicted octanol–water partition coefficient (Wildman–Crippen LogP) is 2.77. The average molecular weight is 425 g/mol. The molecular formula is C23H27N3O5. The van der Waals surface area contributed by atoms with Gasteiger partial charge in [-0.15, -0.1) is 0 Å². The van der Waals surface area contributed by atoms with E-state index in [1.807, 2.05) is 4.90 Å². The van der Waals surface area contributed by atoms with Crippen molar-refractivity contribution >= 4 is 23.4 Å². The van der Waals surface area contributed by atoms with Crippen LogP contribution in [0.5, 0.6) is 5.75 Å². The first kappa shape index (κ1) is 21.0. The number of piperidine rings is 1. The van der Waals surface area contributed by atoms with E-state index >= 15 is 0 Å². The molecule has 2 aliphatic rings. The number of carbonyl (C=O) groups is 3. The van der Waals surface area contributed by atoms with Gasteiger partial charge in [0.25, 0.3) is 11.8 Å². The number of nitrogens with one attached hydrogen (secondary N) is 1. The Balaban J connectivity index is 1.25. The molecule has 0 atom stereocenters. The molecule has 1 aromatic carbocycles. The minimum Gasteiger partial charge on any atom is -0.484 e. The number of rotatable bonds is 6. The topological polar surface area (TPSA) is 92.1 Å². The van der Waals surface area contributed by atoms with E-state index in [4.69, 9.17) is 9.15 Å². The van der Waals surface area contributed by atoms with Crippen molar-refractivity contribution in [3.8, 4) is 5.75 Å². The third-order valence-electron chi connectivity index (χ3n) is 5.81.